The molecule has 174 valence electrons. The highest BCUT2D eigenvalue weighted by Gasteiger charge is 2.27. The Morgan fingerprint density at radius 1 is 1.26 bits per heavy atom. The number of halogens is 1. The summed E-state index contributed by atoms with van der Waals surface area (Å²) in [4.78, 5) is 25.0. The summed E-state index contributed by atoms with van der Waals surface area (Å²) in [5.74, 6) is 0.0762. The van der Waals surface area contributed by atoms with Gasteiger partial charge < -0.3 is 15.8 Å². The number of nitrogens with one attached hydrogen (secondary N) is 2. The van der Waals surface area contributed by atoms with Gasteiger partial charge in [0.1, 0.15) is 17.1 Å². The number of nitrogens with two attached hydrogens (primary N) is 1. The van der Waals surface area contributed by atoms with Crippen LogP contribution in [0.3, 0.4) is 0 Å². The van der Waals surface area contributed by atoms with Crippen LogP contribution < -0.4 is 21.3 Å². The van der Waals surface area contributed by atoms with Crippen molar-refractivity contribution in [3.8, 4) is 11.4 Å². The Kier molecular flexibility index (Phi) is 5.48. The van der Waals surface area contributed by atoms with E-state index in [9.17, 15) is 14.0 Å². The fourth-order valence-corrected chi connectivity index (χ4v) is 3.97. The van der Waals surface area contributed by atoms with Gasteiger partial charge in [-0.1, -0.05) is 12.1 Å². The van der Waals surface area contributed by atoms with Crippen LogP contribution in [0.4, 0.5) is 10.2 Å². The van der Waals surface area contributed by atoms with Crippen molar-refractivity contribution < 1.29 is 13.9 Å². The Balaban J connectivity index is 1.39. The molecule has 0 bridgehead atoms. The number of nitrogen functional groups attached to an aromatic ring is 1. The lowest BCUT2D eigenvalue weighted by Crippen LogP contribution is -2.23. The molecule has 1 aliphatic rings. The third-order valence-electron chi connectivity index (χ3n) is 5.92. The van der Waals surface area contributed by atoms with Gasteiger partial charge in [0.2, 0.25) is 0 Å². The molecule has 0 unspecified atom stereocenters. The van der Waals surface area contributed by atoms with Crippen LogP contribution in [0.25, 0.3) is 16.6 Å². The maximum absolute atomic E-state index is 13.6. The average Bonchev–Trinajstić information content (AvgIpc) is 3.58. The van der Waals surface area contributed by atoms with E-state index in [4.69, 9.17) is 10.5 Å². The number of rotatable bonds is 7. The summed E-state index contributed by atoms with van der Waals surface area (Å²) in [6, 6.07) is 11.1. The summed E-state index contributed by atoms with van der Waals surface area (Å²) in [6.07, 6.45) is 2.99. The molecule has 2 aromatic carbocycles. The minimum absolute atomic E-state index is 0.124. The number of carbonyl (C=O) groups is 1. The number of carbonyl (C=O) groups excluding carboxylic acids is 1. The molecule has 9 nitrogen and oxygen atoms in total. The normalized spacial score (nSPS) is 13.2. The van der Waals surface area contributed by atoms with E-state index in [-0.39, 0.29) is 23.5 Å². The van der Waals surface area contributed by atoms with Gasteiger partial charge in [-0.3, -0.25) is 9.59 Å². The molecule has 10 heteroatoms. The van der Waals surface area contributed by atoms with Gasteiger partial charge in [0.05, 0.1) is 29.4 Å². The zero-order valence-corrected chi connectivity index (χ0v) is 18.5. The Morgan fingerprint density at radius 2 is 2.03 bits per heavy atom. The van der Waals surface area contributed by atoms with E-state index in [1.165, 1.54) is 19.2 Å². The zero-order chi connectivity index (χ0) is 23.8. The van der Waals surface area contributed by atoms with Crippen LogP contribution in [0.2, 0.25) is 0 Å². The third-order valence-corrected chi connectivity index (χ3v) is 5.92. The van der Waals surface area contributed by atoms with E-state index < -0.39 is 11.7 Å². The predicted octanol–water partition coefficient (Wildman–Crippen LogP) is 2.72. The lowest BCUT2D eigenvalue weighted by atomic mass is 10.1. The highest BCUT2D eigenvalue weighted by Crippen LogP contribution is 2.34. The molecule has 0 aliphatic heterocycles. The number of aromatic amines is 1. The van der Waals surface area contributed by atoms with Crippen LogP contribution in [-0.4, -0.2) is 33.0 Å². The summed E-state index contributed by atoms with van der Waals surface area (Å²) in [6.45, 7) is 0.231. The maximum atomic E-state index is 13.6. The van der Waals surface area contributed by atoms with Gasteiger partial charge in [-0.15, -0.1) is 0 Å². The summed E-state index contributed by atoms with van der Waals surface area (Å²) in [5, 5.41) is 14.3. The predicted molar refractivity (Wildman–Crippen MR) is 124 cm³/mol. The van der Waals surface area contributed by atoms with E-state index in [1.54, 1.807) is 4.68 Å². The number of ether oxygens (including phenoxy) is 1. The topological polar surface area (TPSA) is 128 Å². The zero-order valence-electron chi connectivity index (χ0n) is 18.5. The van der Waals surface area contributed by atoms with Crippen molar-refractivity contribution in [1.82, 2.24) is 25.3 Å². The van der Waals surface area contributed by atoms with E-state index in [1.807, 2.05) is 24.3 Å². The second kappa shape index (κ2) is 8.62. The number of benzene rings is 2. The van der Waals surface area contributed by atoms with Gasteiger partial charge in [0.15, 0.2) is 5.82 Å². The summed E-state index contributed by atoms with van der Waals surface area (Å²) < 4.78 is 20.4. The number of nitrogens with zero attached hydrogens (tertiary/aromatic N) is 3. The largest absolute Gasteiger partial charge is 0.496 e. The van der Waals surface area contributed by atoms with E-state index >= 15 is 0 Å². The second-order valence-electron chi connectivity index (χ2n) is 8.36. The molecule has 2 heterocycles. The highest BCUT2D eigenvalue weighted by atomic mass is 19.1. The van der Waals surface area contributed by atoms with Gasteiger partial charge in [-0.25, -0.2) is 14.2 Å². The second-order valence-corrected chi connectivity index (χ2v) is 8.36. The van der Waals surface area contributed by atoms with Crippen molar-refractivity contribution in [3.63, 3.8) is 0 Å². The molecule has 34 heavy (non-hydrogen) atoms. The number of fused-ring (bicyclic) bond motifs is 1. The molecular weight excluding hydrogens is 439 g/mol. The first-order valence-corrected chi connectivity index (χ1v) is 10.9. The molecule has 1 saturated carbocycles. The summed E-state index contributed by atoms with van der Waals surface area (Å²) in [5.41, 5.74) is 8.66. The number of amides is 1. The molecular formula is C24H23FN6O3. The smallest absolute Gasteiger partial charge is 0.275 e. The molecule has 4 aromatic rings. The minimum Gasteiger partial charge on any atom is -0.496 e. The van der Waals surface area contributed by atoms with Crippen LogP contribution in [0, 0.1) is 11.7 Å². The van der Waals surface area contributed by atoms with Crippen LogP contribution in [-0.2, 0) is 13.0 Å². The molecule has 0 spiro atoms. The van der Waals surface area contributed by atoms with Crippen molar-refractivity contribution in [2.75, 3.05) is 12.8 Å². The molecule has 5 rings (SSSR count). The van der Waals surface area contributed by atoms with Crippen LogP contribution in [0.5, 0.6) is 5.75 Å². The summed E-state index contributed by atoms with van der Waals surface area (Å²) >= 11 is 0. The Labute approximate surface area is 193 Å². The Bertz CT molecular complexity index is 1440. The molecule has 0 saturated heterocycles. The van der Waals surface area contributed by atoms with Gasteiger partial charge in [0.25, 0.3) is 11.5 Å². The number of hydrogen-bond acceptors (Lipinski definition) is 6. The highest BCUT2D eigenvalue weighted by molar-refractivity contribution is 5.97. The van der Waals surface area contributed by atoms with Crippen molar-refractivity contribution in [1.29, 1.82) is 0 Å². The monoisotopic (exact) mass is 462 g/mol. The van der Waals surface area contributed by atoms with Crippen molar-refractivity contribution in [2.24, 2.45) is 5.92 Å². The van der Waals surface area contributed by atoms with E-state index in [0.29, 0.717) is 34.0 Å². The Hall–Kier alpha value is -4.21. The molecule has 1 fully saturated rings. The molecule has 0 radical (unpaired) electrons. The average molecular weight is 462 g/mol. The molecule has 4 N–H and O–H groups in total. The van der Waals surface area contributed by atoms with Crippen LogP contribution in [0.15, 0.2) is 47.3 Å². The molecule has 1 amide bonds. The number of anilines is 1. The third kappa shape index (κ3) is 4.09. The van der Waals surface area contributed by atoms with Crippen molar-refractivity contribution >= 4 is 22.6 Å². The van der Waals surface area contributed by atoms with Crippen molar-refractivity contribution in [3.05, 3.63) is 75.5 Å². The van der Waals surface area contributed by atoms with E-state index in [0.717, 1.165) is 30.9 Å². The van der Waals surface area contributed by atoms with Gasteiger partial charge >= 0.3 is 0 Å². The molecule has 1 aliphatic carbocycles. The first kappa shape index (κ1) is 21.6. The lowest BCUT2D eigenvalue weighted by Gasteiger charge is -2.10. The van der Waals surface area contributed by atoms with Crippen LogP contribution in [0.1, 0.15) is 34.5 Å². The fraction of sp³-hybridized carbons (Fsp3) is 0.250. The molecule has 0 atom stereocenters. The number of aromatic nitrogens is 4. The minimum atomic E-state index is -0.518. The van der Waals surface area contributed by atoms with Crippen molar-refractivity contribution in [2.45, 2.75) is 25.8 Å². The summed E-state index contributed by atoms with van der Waals surface area (Å²) in [7, 11) is 1.42. The van der Waals surface area contributed by atoms with Gasteiger partial charge in [0, 0.05) is 6.54 Å². The van der Waals surface area contributed by atoms with E-state index in [2.05, 4.69) is 20.6 Å². The lowest BCUT2D eigenvalue weighted by molar-refractivity contribution is 0.0947. The number of hydrogen-bond donors (Lipinski definition) is 3. The Morgan fingerprint density at radius 3 is 2.74 bits per heavy atom. The van der Waals surface area contributed by atoms with Gasteiger partial charge in [-0.2, -0.15) is 10.2 Å². The molecule has 2 aromatic heterocycles. The van der Waals surface area contributed by atoms with Gasteiger partial charge in [-0.05, 0) is 61.1 Å². The standard InChI is InChI=1S/C24H23FN6O3/c1-34-19-9-6-15(25)11-17(19)23(32)27-12-14-4-7-16(8-5-14)31-21-20(24(33)29-28-22(21)26)18(30-31)10-13-2-3-13/h4-9,11,13H,2-3,10,12H2,1H3,(H2,26,28)(H,27,32)(H,29,33). The SMILES string of the molecule is COc1ccc(F)cc1C(=O)NCc1ccc(-n2nc(CC3CC3)c3c(=O)[nH]nc(N)c32)cc1. The number of H-pyrrole nitrogens is 1. The maximum Gasteiger partial charge on any atom is 0.275 e. The number of methoxy groups -OCH3 is 1. The first-order valence-electron chi connectivity index (χ1n) is 10.9. The first-order chi connectivity index (χ1) is 16.4. The quantitative estimate of drug-likeness (QED) is 0.387. The fourth-order valence-electron chi connectivity index (χ4n) is 3.97. The van der Waals surface area contributed by atoms with Crippen LogP contribution >= 0.6 is 0 Å².